The van der Waals surface area contributed by atoms with Crippen molar-refractivity contribution in [3.8, 4) is 0 Å². The smallest absolute Gasteiger partial charge is 0.240 e. The van der Waals surface area contributed by atoms with E-state index >= 15 is 0 Å². The van der Waals surface area contributed by atoms with Gasteiger partial charge in [-0.2, -0.15) is 0 Å². The van der Waals surface area contributed by atoms with Crippen molar-refractivity contribution in [2.24, 2.45) is 5.92 Å². The van der Waals surface area contributed by atoms with E-state index in [4.69, 9.17) is 0 Å². The minimum atomic E-state index is -0.244. The second-order valence-electron chi connectivity index (χ2n) is 7.31. The molecular weight excluding hydrogens is 288 g/mol. The van der Waals surface area contributed by atoms with E-state index in [1.165, 1.54) is 18.4 Å². The average molecular weight is 314 g/mol. The molecule has 124 valence electrons. The van der Waals surface area contributed by atoms with Crippen LogP contribution in [-0.2, 0) is 11.3 Å². The molecule has 0 radical (unpaired) electrons. The molecule has 0 unspecified atom stereocenters. The molecular formula is C18H26N4O. The number of carbonyl (C=O) groups excluding carboxylic acids is 1. The molecule has 1 saturated carbocycles. The van der Waals surface area contributed by atoms with Gasteiger partial charge in [0.1, 0.15) is 5.54 Å². The van der Waals surface area contributed by atoms with Gasteiger partial charge in [-0.3, -0.25) is 19.6 Å². The quantitative estimate of drug-likeness (QED) is 0.909. The van der Waals surface area contributed by atoms with E-state index in [-0.39, 0.29) is 11.4 Å². The van der Waals surface area contributed by atoms with Crippen LogP contribution in [0.15, 0.2) is 24.5 Å². The Labute approximate surface area is 138 Å². The van der Waals surface area contributed by atoms with Gasteiger partial charge in [0.25, 0.3) is 0 Å². The minimum absolute atomic E-state index is 0.244. The fourth-order valence-electron chi connectivity index (χ4n) is 4.08. The first-order valence-electron chi connectivity index (χ1n) is 8.91. The molecule has 1 aromatic rings. The summed E-state index contributed by atoms with van der Waals surface area (Å²) < 4.78 is 0. The van der Waals surface area contributed by atoms with Gasteiger partial charge in [0, 0.05) is 51.7 Å². The Hall–Kier alpha value is -1.46. The number of nitrogens with one attached hydrogen (secondary N) is 1. The third-order valence-electron chi connectivity index (χ3n) is 5.68. The van der Waals surface area contributed by atoms with Crippen LogP contribution in [0.4, 0.5) is 0 Å². The zero-order valence-electron chi connectivity index (χ0n) is 13.7. The maximum Gasteiger partial charge on any atom is 0.240 e. The Morgan fingerprint density at radius 1 is 1.26 bits per heavy atom. The van der Waals surface area contributed by atoms with Crippen molar-refractivity contribution in [3.63, 3.8) is 0 Å². The first-order chi connectivity index (χ1) is 11.3. The Bertz CT molecular complexity index is 549. The minimum Gasteiger partial charge on any atom is -0.353 e. The summed E-state index contributed by atoms with van der Waals surface area (Å²) in [5.74, 6) is 1.11. The zero-order chi connectivity index (χ0) is 15.7. The summed E-state index contributed by atoms with van der Waals surface area (Å²) in [5, 5.41) is 3.12. The number of carbonyl (C=O) groups is 1. The normalized spacial score (nSPS) is 25.5. The summed E-state index contributed by atoms with van der Waals surface area (Å²) in [4.78, 5) is 21.8. The lowest BCUT2D eigenvalue weighted by Gasteiger charge is -2.50. The predicted octanol–water partition coefficient (Wildman–Crippen LogP) is 1.26. The van der Waals surface area contributed by atoms with Crippen molar-refractivity contribution < 1.29 is 4.79 Å². The molecule has 0 bridgehead atoms. The van der Waals surface area contributed by atoms with E-state index in [2.05, 4.69) is 26.2 Å². The highest BCUT2D eigenvalue weighted by molar-refractivity contribution is 5.87. The Balaban J connectivity index is 1.42. The lowest BCUT2D eigenvalue weighted by atomic mass is 9.82. The molecule has 23 heavy (non-hydrogen) atoms. The Morgan fingerprint density at radius 3 is 2.78 bits per heavy atom. The van der Waals surface area contributed by atoms with Gasteiger partial charge in [-0.1, -0.05) is 6.07 Å². The second-order valence-corrected chi connectivity index (χ2v) is 7.31. The van der Waals surface area contributed by atoms with Gasteiger partial charge < -0.3 is 5.32 Å². The van der Waals surface area contributed by atoms with Crippen molar-refractivity contribution >= 4 is 5.91 Å². The van der Waals surface area contributed by atoms with Crippen LogP contribution in [0.2, 0.25) is 0 Å². The Morgan fingerprint density at radius 2 is 2.09 bits per heavy atom. The third kappa shape index (κ3) is 3.12. The predicted molar refractivity (Wildman–Crippen MR) is 88.8 cm³/mol. The molecule has 3 fully saturated rings. The first-order valence-corrected chi connectivity index (χ1v) is 8.91. The lowest BCUT2D eigenvalue weighted by molar-refractivity contribution is -0.141. The van der Waals surface area contributed by atoms with Crippen molar-refractivity contribution in [3.05, 3.63) is 30.1 Å². The molecule has 2 aliphatic heterocycles. The number of amides is 1. The SMILES string of the molecule is O=C1NCCN(CC2CC2)C12CCN(Cc1cccnc1)CC2. The monoisotopic (exact) mass is 314 g/mol. The second kappa shape index (κ2) is 6.21. The molecule has 1 amide bonds. The number of hydrogen-bond acceptors (Lipinski definition) is 4. The molecule has 2 saturated heterocycles. The highest BCUT2D eigenvalue weighted by Crippen LogP contribution is 2.37. The molecule has 1 N–H and O–H groups in total. The van der Waals surface area contributed by atoms with E-state index in [9.17, 15) is 4.79 Å². The first kappa shape index (κ1) is 15.1. The van der Waals surface area contributed by atoms with Gasteiger partial charge in [-0.25, -0.2) is 0 Å². The third-order valence-corrected chi connectivity index (χ3v) is 5.68. The van der Waals surface area contributed by atoms with E-state index in [0.717, 1.165) is 58.0 Å². The van der Waals surface area contributed by atoms with Crippen molar-refractivity contribution in [1.82, 2.24) is 20.1 Å². The van der Waals surface area contributed by atoms with Crippen LogP contribution in [0.25, 0.3) is 0 Å². The van der Waals surface area contributed by atoms with E-state index in [1.807, 2.05) is 18.5 Å². The molecule has 1 aliphatic carbocycles. The fraction of sp³-hybridized carbons (Fsp3) is 0.667. The average Bonchev–Trinajstić information content (AvgIpc) is 3.39. The zero-order valence-corrected chi connectivity index (χ0v) is 13.7. The molecule has 3 heterocycles. The molecule has 1 spiro atoms. The van der Waals surface area contributed by atoms with Gasteiger partial charge >= 0.3 is 0 Å². The molecule has 0 atom stereocenters. The van der Waals surface area contributed by atoms with Gasteiger partial charge in [0.05, 0.1) is 0 Å². The number of likely N-dealkylation sites (tertiary alicyclic amines) is 1. The number of pyridine rings is 1. The standard InChI is InChI=1S/C18H26N4O/c23-17-18(22(11-8-20-17)14-15-3-4-15)5-9-21(10-6-18)13-16-2-1-7-19-12-16/h1-2,7,12,15H,3-6,8-11,13-14H2,(H,20,23). The van der Waals surface area contributed by atoms with Crippen LogP contribution in [0.5, 0.6) is 0 Å². The molecule has 5 heteroatoms. The molecule has 1 aromatic heterocycles. The summed E-state index contributed by atoms with van der Waals surface area (Å²) in [6.07, 6.45) is 8.36. The van der Waals surface area contributed by atoms with Crippen LogP contribution >= 0.6 is 0 Å². The van der Waals surface area contributed by atoms with Crippen molar-refractivity contribution in [2.75, 3.05) is 32.7 Å². The van der Waals surface area contributed by atoms with Gasteiger partial charge in [0.15, 0.2) is 0 Å². The summed E-state index contributed by atoms with van der Waals surface area (Å²) >= 11 is 0. The highest BCUT2D eigenvalue weighted by atomic mass is 16.2. The van der Waals surface area contributed by atoms with E-state index in [0.29, 0.717) is 0 Å². The molecule has 0 aromatic carbocycles. The van der Waals surface area contributed by atoms with Crippen LogP contribution < -0.4 is 5.32 Å². The summed E-state index contributed by atoms with van der Waals surface area (Å²) in [5.41, 5.74) is 1.01. The molecule has 4 rings (SSSR count). The number of piperidine rings is 1. The van der Waals surface area contributed by atoms with Crippen molar-refractivity contribution in [2.45, 2.75) is 37.8 Å². The lowest BCUT2D eigenvalue weighted by Crippen LogP contribution is -2.68. The number of rotatable bonds is 4. The highest BCUT2D eigenvalue weighted by Gasteiger charge is 2.48. The maximum atomic E-state index is 12.7. The summed E-state index contributed by atoms with van der Waals surface area (Å²) in [6, 6.07) is 4.12. The Kier molecular flexibility index (Phi) is 4.07. The number of nitrogens with zero attached hydrogens (tertiary/aromatic N) is 3. The number of hydrogen-bond donors (Lipinski definition) is 1. The van der Waals surface area contributed by atoms with Crippen LogP contribution in [0.3, 0.4) is 0 Å². The van der Waals surface area contributed by atoms with Crippen molar-refractivity contribution in [1.29, 1.82) is 0 Å². The van der Waals surface area contributed by atoms with Crippen LogP contribution in [0.1, 0.15) is 31.2 Å². The van der Waals surface area contributed by atoms with E-state index in [1.54, 1.807) is 0 Å². The largest absolute Gasteiger partial charge is 0.353 e. The number of piperazine rings is 1. The summed E-state index contributed by atoms with van der Waals surface area (Å²) in [7, 11) is 0. The van der Waals surface area contributed by atoms with Gasteiger partial charge in [0.2, 0.25) is 5.91 Å². The molecule has 3 aliphatic rings. The van der Waals surface area contributed by atoms with Gasteiger partial charge in [-0.05, 0) is 43.2 Å². The molecule has 5 nitrogen and oxygen atoms in total. The van der Waals surface area contributed by atoms with Gasteiger partial charge in [-0.15, -0.1) is 0 Å². The van der Waals surface area contributed by atoms with Crippen LogP contribution in [0, 0.1) is 5.92 Å². The van der Waals surface area contributed by atoms with Crippen LogP contribution in [-0.4, -0.2) is 59.0 Å². The maximum absolute atomic E-state index is 12.7. The number of aromatic nitrogens is 1. The van der Waals surface area contributed by atoms with E-state index < -0.39 is 0 Å². The summed E-state index contributed by atoms with van der Waals surface area (Å²) in [6.45, 7) is 5.87. The fourth-order valence-corrected chi connectivity index (χ4v) is 4.08. The topological polar surface area (TPSA) is 48.5 Å².